The zero-order chi connectivity index (χ0) is 14.4. The molecule has 4 nitrogen and oxygen atoms in total. The topological polar surface area (TPSA) is 68.0 Å². The number of nitrogens with two attached hydrogens (primary N) is 1. The summed E-state index contributed by atoms with van der Waals surface area (Å²) in [4.78, 5) is 16.0. The van der Waals surface area contributed by atoms with Crippen LogP contribution in [0.25, 0.3) is 6.08 Å². The highest BCUT2D eigenvalue weighted by Crippen LogP contribution is 2.09. The van der Waals surface area contributed by atoms with Gasteiger partial charge in [0.15, 0.2) is 0 Å². The van der Waals surface area contributed by atoms with Crippen LogP contribution in [0.5, 0.6) is 0 Å². The summed E-state index contributed by atoms with van der Waals surface area (Å²) in [6, 6.07) is 12.8. The summed E-state index contributed by atoms with van der Waals surface area (Å²) in [5.74, 6) is -0.153. The minimum Gasteiger partial charge on any atom is -0.399 e. The molecule has 20 heavy (non-hydrogen) atoms. The van der Waals surface area contributed by atoms with E-state index in [2.05, 4.69) is 10.3 Å². The van der Waals surface area contributed by atoms with Gasteiger partial charge in [-0.25, -0.2) is 0 Å². The quantitative estimate of drug-likeness (QED) is 0.660. The van der Waals surface area contributed by atoms with E-state index in [-0.39, 0.29) is 11.9 Å². The third kappa shape index (κ3) is 3.95. The van der Waals surface area contributed by atoms with Crippen LogP contribution in [-0.2, 0) is 4.79 Å². The molecule has 1 aromatic heterocycles. The average molecular weight is 267 g/mol. The molecule has 4 heteroatoms. The Labute approximate surface area is 118 Å². The Balaban J connectivity index is 1.94. The van der Waals surface area contributed by atoms with E-state index in [9.17, 15) is 4.79 Å². The van der Waals surface area contributed by atoms with Crippen LogP contribution in [0.15, 0.2) is 54.7 Å². The lowest BCUT2D eigenvalue weighted by Crippen LogP contribution is -2.25. The van der Waals surface area contributed by atoms with Crippen molar-refractivity contribution in [1.82, 2.24) is 10.3 Å². The third-order valence-corrected chi connectivity index (χ3v) is 2.85. The number of nitrogens with zero attached hydrogens (tertiary/aromatic N) is 1. The van der Waals surface area contributed by atoms with Crippen molar-refractivity contribution in [2.24, 2.45) is 0 Å². The maximum atomic E-state index is 11.8. The largest absolute Gasteiger partial charge is 0.399 e. The summed E-state index contributed by atoms with van der Waals surface area (Å²) in [6.07, 6.45) is 4.97. The molecule has 1 amide bonds. The Kier molecular flexibility index (Phi) is 4.50. The zero-order valence-electron chi connectivity index (χ0n) is 11.3. The maximum absolute atomic E-state index is 11.8. The van der Waals surface area contributed by atoms with Crippen LogP contribution in [0.1, 0.15) is 24.2 Å². The van der Waals surface area contributed by atoms with Crippen molar-refractivity contribution in [2.75, 3.05) is 5.73 Å². The average Bonchev–Trinajstić information content (AvgIpc) is 2.47. The van der Waals surface area contributed by atoms with Gasteiger partial charge in [-0.2, -0.15) is 0 Å². The van der Waals surface area contributed by atoms with Crippen LogP contribution in [0.3, 0.4) is 0 Å². The first kappa shape index (κ1) is 13.8. The highest BCUT2D eigenvalue weighted by molar-refractivity contribution is 5.91. The van der Waals surface area contributed by atoms with E-state index in [0.29, 0.717) is 5.69 Å². The molecular weight excluding hydrogens is 250 g/mol. The molecule has 0 saturated heterocycles. The number of nitrogens with one attached hydrogen (secondary N) is 1. The smallest absolute Gasteiger partial charge is 0.244 e. The van der Waals surface area contributed by atoms with E-state index in [0.717, 1.165) is 11.3 Å². The molecular formula is C16H17N3O. The Morgan fingerprint density at radius 3 is 2.65 bits per heavy atom. The van der Waals surface area contributed by atoms with Crippen LogP contribution in [0, 0.1) is 0 Å². The molecule has 1 unspecified atom stereocenters. The number of hydrogen-bond acceptors (Lipinski definition) is 3. The van der Waals surface area contributed by atoms with Crippen LogP contribution in [-0.4, -0.2) is 10.9 Å². The summed E-state index contributed by atoms with van der Waals surface area (Å²) in [7, 11) is 0. The fraction of sp³-hybridized carbons (Fsp3) is 0.125. The predicted molar refractivity (Wildman–Crippen MR) is 80.7 cm³/mol. The van der Waals surface area contributed by atoms with Gasteiger partial charge in [0, 0.05) is 18.0 Å². The summed E-state index contributed by atoms with van der Waals surface area (Å²) in [5.41, 5.74) is 8.07. The predicted octanol–water partition coefficient (Wildman–Crippen LogP) is 2.55. The second-order valence-electron chi connectivity index (χ2n) is 4.48. The molecule has 0 radical (unpaired) electrons. The van der Waals surface area contributed by atoms with E-state index in [1.54, 1.807) is 24.4 Å². The molecule has 0 spiro atoms. The minimum absolute atomic E-state index is 0.125. The number of benzene rings is 1. The van der Waals surface area contributed by atoms with Gasteiger partial charge in [0.1, 0.15) is 0 Å². The van der Waals surface area contributed by atoms with Crippen molar-refractivity contribution < 1.29 is 4.79 Å². The zero-order valence-corrected chi connectivity index (χ0v) is 11.3. The van der Waals surface area contributed by atoms with Gasteiger partial charge in [-0.15, -0.1) is 0 Å². The Morgan fingerprint density at radius 2 is 2.00 bits per heavy atom. The van der Waals surface area contributed by atoms with Crippen molar-refractivity contribution in [3.05, 3.63) is 66.0 Å². The van der Waals surface area contributed by atoms with Gasteiger partial charge in [0.25, 0.3) is 0 Å². The highest BCUT2D eigenvalue weighted by atomic mass is 16.1. The number of anilines is 1. The van der Waals surface area contributed by atoms with Crippen LogP contribution < -0.4 is 11.1 Å². The van der Waals surface area contributed by atoms with Crippen molar-refractivity contribution in [3.8, 4) is 0 Å². The monoisotopic (exact) mass is 267 g/mol. The number of hydrogen-bond donors (Lipinski definition) is 2. The molecule has 2 aromatic rings. The highest BCUT2D eigenvalue weighted by Gasteiger charge is 2.07. The first-order valence-corrected chi connectivity index (χ1v) is 6.40. The maximum Gasteiger partial charge on any atom is 0.244 e. The lowest BCUT2D eigenvalue weighted by Gasteiger charge is -2.11. The Morgan fingerprint density at radius 1 is 1.25 bits per heavy atom. The molecule has 0 aliphatic heterocycles. The van der Waals surface area contributed by atoms with Gasteiger partial charge in [-0.1, -0.05) is 18.2 Å². The normalized spacial score (nSPS) is 12.2. The molecule has 0 aliphatic carbocycles. The van der Waals surface area contributed by atoms with E-state index in [1.807, 2.05) is 37.3 Å². The fourth-order valence-electron chi connectivity index (χ4n) is 1.75. The van der Waals surface area contributed by atoms with Crippen molar-refractivity contribution >= 4 is 17.7 Å². The number of carbonyl (C=O) groups excluding carboxylic acids is 1. The second-order valence-corrected chi connectivity index (χ2v) is 4.48. The molecule has 0 fully saturated rings. The van der Waals surface area contributed by atoms with Crippen LogP contribution in [0.4, 0.5) is 5.69 Å². The number of rotatable bonds is 4. The lowest BCUT2D eigenvalue weighted by molar-refractivity contribution is -0.117. The molecule has 0 saturated carbocycles. The molecule has 3 N–H and O–H groups in total. The third-order valence-electron chi connectivity index (χ3n) is 2.85. The summed E-state index contributed by atoms with van der Waals surface area (Å²) in [5, 5.41) is 2.86. The summed E-state index contributed by atoms with van der Waals surface area (Å²) < 4.78 is 0. The van der Waals surface area contributed by atoms with Gasteiger partial charge < -0.3 is 11.1 Å². The number of aromatic nitrogens is 1. The van der Waals surface area contributed by atoms with Gasteiger partial charge in [0.2, 0.25) is 5.91 Å². The van der Waals surface area contributed by atoms with E-state index < -0.39 is 0 Å². The molecule has 0 aliphatic rings. The van der Waals surface area contributed by atoms with E-state index in [1.165, 1.54) is 6.08 Å². The lowest BCUT2D eigenvalue weighted by atomic mass is 10.2. The Hall–Kier alpha value is -2.62. The molecule has 102 valence electrons. The summed E-state index contributed by atoms with van der Waals surface area (Å²) >= 11 is 0. The Bertz CT molecular complexity index is 591. The van der Waals surface area contributed by atoms with E-state index >= 15 is 0 Å². The first-order chi connectivity index (χ1) is 9.65. The second kappa shape index (κ2) is 6.52. The minimum atomic E-state index is -0.153. The number of nitrogen functional groups attached to an aromatic ring is 1. The van der Waals surface area contributed by atoms with Crippen molar-refractivity contribution in [2.45, 2.75) is 13.0 Å². The van der Waals surface area contributed by atoms with Gasteiger partial charge in [-0.3, -0.25) is 9.78 Å². The number of amides is 1. The van der Waals surface area contributed by atoms with E-state index in [4.69, 9.17) is 5.73 Å². The van der Waals surface area contributed by atoms with Crippen LogP contribution in [0.2, 0.25) is 0 Å². The molecule has 1 heterocycles. The summed E-state index contributed by atoms with van der Waals surface area (Å²) in [6.45, 7) is 1.90. The molecule has 0 bridgehead atoms. The first-order valence-electron chi connectivity index (χ1n) is 6.40. The molecule has 1 aromatic carbocycles. The number of pyridine rings is 1. The SMILES string of the molecule is CC(NC(=O)/C=C/c1ccc(N)cc1)c1ccccn1. The van der Waals surface area contributed by atoms with Gasteiger partial charge in [-0.05, 0) is 42.8 Å². The molecule has 1 atom stereocenters. The van der Waals surface area contributed by atoms with Gasteiger partial charge >= 0.3 is 0 Å². The molecule has 2 rings (SSSR count). The van der Waals surface area contributed by atoms with Crippen LogP contribution >= 0.6 is 0 Å². The standard InChI is InChI=1S/C16H17N3O/c1-12(15-4-2-3-11-18-15)19-16(20)10-7-13-5-8-14(17)9-6-13/h2-12H,17H2,1H3,(H,19,20)/b10-7+. The van der Waals surface area contributed by atoms with Crippen molar-refractivity contribution in [3.63, 3.8) is 0 Å². The van der Waals surface area contributed by atoms with Gasteiger partial charge in [0.05, 0.1) is 11.7 Å². The van der Waals surface area contributed by atoms with Crippen molar-refractivity contribution in [1.29, 1.82) is 0 Å². The number of carbonyl (C=O) groups is 1. The fourth-order valence-corrected chi connectivity index (χ4v) is 1.75.